The summed E-state index contributed by atoms with van der Waals surface area (Å²) in [6, 6.07) is 14.3. The molecule has 0 spiro atoms. The quantitative estimate of drug-likeness (QED) is 0.744. The number of esters is 1. The summed E-state index contributed by atoms with van der Waals surface area (Å²) in [5, 5.41) is 3.40. The molecule has 6 heteroatoms. The smallest absolute Gasteiger partial charge is 0.338 e. The summed E-state index contributed by atoms with van der Waals surface area (Å²) in [6.07, 6.45) is 0. The molecule has 0 bridgehead atoms. The molecule has 3 rings (SSSR count). The number of nitrogens with one attached hydrogen (secondary N) is 1. The van der Waals surface area contributed by atoms with E-state index in [-0.39, 0.29) is 12.5 Å². The first-order chi connectivity index (χ1) is 11.1. The van der Waals surface area contributed by atoms with Gasteiger partial charge in [0.2, 0.25) is 5.91 Å². The number of amides is 1. The van der Waals surface area contributed by atoms with Crippen LogP contribution in [0.2, 0.25) is 0 Å². The fourth-order valence-electron chi connectivity index (χ4n) is 2.09. The summed E-state index contributed by atoms with van der Waals surface area (Å²) in [7, 11) is 0. The van der Waals surface area contributed by atoms with Gasteiger partial charge >= 0.3 is 5.97 Å². The third-order valence-electron chi connectivity index (χ3n) is 3.11. The van der Waals surface area contributed by atoms with Crippen LogP contribution in [0.3, 0.4) is 0 Å². The van der Waals surface area contributed by atoms with Gasteiger partial charge in [-0.05, 0) is 36.4 Å². The van der Waals surface area contributed by atoms with E-state index in [1.54, 1.807) is 24.3 Å². The number of anilines is 1. The highest BCUT2D eigenvalue weighted by Gasteiger charge is 2.10. The van der Waals surface area contributed by atoms with E-state index in [1.165, 1.54) is 18.3 Å². The van der Waals surface area contributed by atoms with Crippen molar-refractivity contribution in [2.75, 3.05) is 5.32 Å². The van der Waals surface area contributed by atoms with E-state index in [1.807, 2.05) is 24.3 Å². The second-order valence-corrected chi connectivity index (χ2v) is 6.03. The molecule has 2 aromatic carbocycles. The van der Waals surface area contributed by atoms with E-state index in [0.717, 1.165) is 15.2 Å². The number of hydrogen-bond donors (Lipinski definition) is 1. The maximum Gasteiger partial charge on any atom is 0.338 e. The number of aromatic nitrogens is 1. The maximum atomic E-state index is 12.0. The van der Waals surface area contributed by atoms with Gasteiger partial charge in [0.1, 0.15) is 11.6 Å². The van der Waals surface area contributed by atoms with Crippen molar-refractivity contribution in [2.45, 2.75) is 13.5 Å². The van der Waals surface area contributed by atoms with Crippen molar-refractivity contribution in [2.24, 2.45) is 0 Å². The standard InChI is InChI=1S/C17H14N2O3S/c1-11(20)18-13-8-6-12(7-9-13)17(21)22-10-16-19-14-4-2-3-5-15(14)23-16/h2-9H,10H2,1H3,(H,18,20). The minimum atomic E-state index is -0.418. The molecule has 0 unspecified atom stereocenters. The van der Waals surface area contributed by atoms with Gasteiger partial charge < -0.3 is 10.1 Å². The Balaban J connectivity index is 1.63. The van der Waals surface area contributed by atoms with Gasteiger partial charge in [-0.25, -0.2) is 9.78 Å². The molecule has 0 atom stereocenters. The Morgan fingerprint density at radius 1 is 1.13 bits per heavy atom. The second kappa shape index (κ2) is 6.58. The van der Waals surface area contributed by atoms with Crippen LogP contribution in [-0.2, 0) is 16.1 Å². The molecule has 0 aliphatic heterocycles. The van der Waals surface area contributed by atoms with Crippen LogP contribution in [0.1, 0.15) is 22.3 Å². The van der Waals surface area contributed by atoms with Gasteiger partial charge in [-0.15, -0.1) is 11.3 Å². The molecular weight excluding hydrogens is 312 g/mol. The number of para-hydroxylation sites is 1. The topological polar surface area (TPSA) is 68.3 Å². The van der Waals surface area contributed by atoms with Gasteiger partial charge in [0.25, 0.3) is 0 Å². The SMILES string of the molecule is CC(=O)Nc1ccc(C(=O)OCc2nc3ccccc3s2)cc1. The summed E-state index contributed by atoms with van der Waals surface area (Å²) >= 11 is 1.51. The van der Waals surface area contributed by atoms with Crippen molar-refractivity contribution >= 4 is 39.1 Å². The van der Waals surface area contributed by atoms with Crippen molar-refractivity contribution in [3.8, 4) is 0 Å². The molecule has 0 fully saturated rings. The zero-order valence-electron chi connectivity index (χ0n) is 12.4. The van der Waals surface area contributed by atoms with Crippen LogP contribution < -0.4 is 5.32 Å². The second-order valence-electron chi connectivity index (χ2n) is 4.91. The Kier molecular flexibility index (Phi) is 4.34. The summed E-state index contributed by atoms with van der Waals surface area (Å²) < 4.78 is 6.35. The number of rotatable bonds is 4. The van der Waals surface area contributed by atoms with Crippen LogP contribution in [0.4, 0.5) is 5.69 Å². The lowest BCUT2D eigenvalue weighted by Gasteiger charge is -2.05. The number of carbonyl (C=O) groups excluding carboxylic acids is 2. The van der Waals surface area contributed by atoms with E-state index < -0.39 is 5.97 Å². The maximum absolute atomic E-state index is 12.0. The lowest BCUT2D eigenvalue weighted by Crippen LogP contribution is -2.07. The predicted octanol–water partition coefficient (Wildman–Crippen LogP) is 3.61. The Morgan fingerprint density at radius 3 is 2.57 bits per heavy atom. The summed E-state index contributed by atoms with van der Waals surface area (Å²) in [5.41, 5.74) is 1.98. The van der Waals surface area contributed by atoms with Gasteiger partial charge in [0.15, 0.2) is 0 Å². The van der Waals surface area contributed by atoms with Crippen LogP contribution in [-0.4, -0.2) is 16.9 Å². The number of carbonyl (C=O) groups is 2. The van der Waals surface area contributed by atoms with E-state index in [4.69, 9.17) is 4.74 Å². The molecule has 1 heterocycles. The van der Waals surface area contributed by atoms with E-state index >= 15 is 0 Å². The average Bonchev–Trinajstić information content (AvgIpc) is 2.95. The minimum absolute atomic E-state index is 0.144. The number of hydrogen-bond acceptors (Lipinski definition) is 5. The highest BCUT2D eigenvalue weighted by Crippen LogP contribution is 2.22. The highest BCUT2D eigenvalue weighted by atomic mass is 32.1. The van der Waals surface area contributed by atoms with Gasteiger partial charge in [-0.1, -0.05) is 12.1 Å². The molecule has 23 heavy (non-hydrogen) atoms. The van der Waals surface area contributed by atoms with E-state index in [0.29, 0.717) is 11.3 Å². The van der Waals surface area contributed by atoms with Crippen molar-refractivity contribution in [3.63, 3.8) is 0 Å². The Bertz CT molecular complexity index is 823. The lowest BCUT2D eigenvalue weighted by molar-refractivity contribution is -0.114. The lowest BCUT2D eigenvalue weighted by atomic mass is 10.2. The molecule has 0 aliphatic rings. The average molecular weight is 326 g/mol. The molecule has 0 aliphatic carbocycles. The summed E-state index contributed by atoms with van der Waals surface area (Å²) in [6.45, 7) is 1.58. The monoisotopic (exact) mass is 326 g/mol. The third kappa shape index (κ3) is 3.73. The van der Waals surface area contributed by atoms with Gasteiger partial charge in [0.05, 0.1) is 15.8 Å². The molecule has 3 aromatic rings. The number of fused-ring (bicyclic) bond motifs is 1. The Morgan fingerprint density at radius 2 is 1.87 bits per heavy atom. The molecule has 1 amide bonds. The largest absolute Gasteiger partial charge is 0.455 e. The highest BCUT2D eigenvalue weighted by molar-refractivity contribution is 7.18. The fourth-order valence-corrected chi connectivity index (χ4v) is 2.97. The van der Waals surface area contributed by atoms with Gasteiger partial charge in [-0.2, -0.15) is 0 Å². The van der Waals surface area contributed by atoms with Gasteiger partial charge in [0, 0.05) is 12.6 Å². The summed E-state index contributed by atoms with van der Waals surface area (Å²) in [5.74, 6) is -0.574. The number of benzene rings is 2. The first-order valence-corrected chi connectivity index (χ1v) is 7.83. The summed E-state index contributed by atoms with van der Waals surface area (Å²) in [4.78, 5) is 27.4. The fraction of sp³-hybridized carbons (Fsp3) is 0.118. The first kappa shape index (κ1) is 15.2. The van der Waals surface area contributed by atoms with Crippen LogP contribution in [0.15, 0.2) is 48.5 Å². The molecular formula is C17H14N2O3S. The predicted molar refractivity (Wildman–Crippen MR) is 89.5 cm³/mol. The van der Waals surface area contributed by atoms with E-state index in [2.05, 4.69) is 10.3 Å². The van der Waals surface area contributed by atoms with Crippen LogP contribution in [0.25, 0.3) is 10.2 Å². The van der Waals surface area contributed by atoms with Crippen molar-refractivity contribution in [1.82, 2.24) is 4.98 Å². The van der Waals surface area contributed by atoms with Crippen molar-refractivity contribution < 1.29 is 14.3 Å². The van der Waals surface area contributed by atoms with Crippen molar-refractivity contribution in [1.29, 1.82) is 0 Å². The zero-order chi connectivity index (χ0) is 16.2. The number of nitrogens with zero attached hydrogens (tertiary/aromatic N) is 1. The van der Waals surface area contributed by atoms with E-state index in [9.17, 15) is 9.59 Å². The Labute approximate surface area is 136 Å². The normalized spacial score (nSPS) is 10.5. The number of ether oxygens (including phenoxy) is 1. The molecule has 116 valence electrons. The Hall–Kier alpha value is -2.73. The molecule has 5 nitrogen and oxygen atoms in total. The molecule has 0 radical (unpaired) electrons. The zero-order valence-corrected chi connectivity index (χ0v) is 13.2. The van der Waals surface area contributed by atoms with Crippen LogP contribution >= 0.6 is 11.3 Å². The third-order valence-corrected chi connectivity index (χ3v) is 4.12. The van der Waals surface area contributed by atoms with Crippen LogP contribution in [0, 0.1) is 0 Å². The molecule has 0 saturated heterocycles. The van der Waals surface area contributed by atoms with Crippen molar-refractivity contribution in [3.05, 3.63) is 59.1 Å². The number of thiazole rings is 1. The molecule has 1 N–H and O–H groups in total. The first-order valence-electron chi connectivity index (χ1n) is 7.01. The molecule has 1 aromatic heterocycles. The molecule has 0 saturated carbocycles. The van der Waals surface area contributed by atoms with Gasteiger partial charge in [-0.3, -0.25) is 4.79 Å². The minimum Gasteiger partial charge on any atom is -0.455 e. The van der Waals surface area contributed by atoms with Crippen LogP contribution in [0.5, 0.6) is 0 Å².